The number of aliphatic hydroxyl groups excluding tert-OH is 1. The molecule has 2 heterocycles. The first-order valence-corrected chi connectivity index (χ1v) is 9.53. The van der Waals surface area contributed by atoms with Gasteiger partial charge in [-0.1, -0.05) is 18.2 Å². The van der Waals surface area contributed by atoms with E-state index in [-0.39, 0.29) is 18.4 Å². The third-order valence-corrected chi connectivity index (χ3v) is 5.25. The third kappa shape index (κ3) is 5.03. The van der Waals surface area contributed by atoms with Crippen molar-refractivity contribution in [1.29, 1.82) is 0 Å². The van der Waals surface area contributed by atoms with E-state index < -0.39 is 0 Å². The summed E-state index contributed by atoms with van der Waals surface area (Å²) in [5.41, 5.74) is 1.50. The van der Waals surface area contributed by atoms with E-state index in [1.54, 1.807) is 13.3 Å². The highest BCUT2D eigenvalue weighted by atomic mass is 16.5. The molecule has 0 saturated carbocycles. The van der Waals surface area contributed by atoms with Gasteiger partial charge in [0, 0.05) is 51.5 Å². The summed E-state index contributed by atoms with van der Waals surface area (Å²) in [6, 6.07) is 9.72. The van der Waals surface area contributed by atoms with Crippen LogP contribution >= 0.6 is 0 Å². The van der Waals surface area contributed by atoms with Crippen molar-refractivity contribution in [2.75, 3.05) is 53.6 Å². The van der Waals surface area contributed by atoms with E-state index in [0.717, 1.165) is 30.4 Å². The fourth-order valence-electron chi connectivity index (χ4n) is 3.90. The number of likely N-dealkylation sites (tertiary alicyclic amines) is 1. The molecule has 0 bridgehead atoms. The highest BCUT2D eigenvalue weighted by Crippen LogP contribution is 2.24. The molecule has 146 valence electrons. The first-order chi connectivity index (χ1) is 13.1. The van der Waals surface area contributed by atoms with E-state index in [1.807, 2.05) is 35.2 Å². The molecular weight excluding hydrogens is 342 g/mol. The van der Waals surface area contributed by atoms with Crippen LogP contribution in [0.2, 0.25) is 0 Å². The lowest BCUT2D eigenvalue weighted by Crippen LogP contribution is -2.47. The van der Waals surface area contributed by atoms with Gasteiger partial charge in [0.1, 0.15) is 0 Å². The number of aromatic nitrogens is 1. The highest BCUT2D eigenvalue weighted by Gasteiger charge is 2.31. The molecule has 1 aliphatic heterocycles. The normalized spacial score (nSPS) is 20.4. The number of carbonyl (C=O) groups excluding carboxylic acids is 1. The molecule has 6 heteroatoms. The van der Waals surface area contributed by atoms with Gasteiger partial charge in [-0.25, -0.2) is 0 Å². The lowest BCUT2D eigenvalue weighted by atomic mass is 9.89. The van der Waals surface area contributed by atoms with Crippen molar-refractivity contribution in [2.24, 2.45) is 11.8 Å². The van der Waals surface area contributed by atoms with Crippen LogP contribution in [0.25, 0.3) is 10.9 Å². The zero-order valence-electron chi connectivity index (χ0n) is 16.2. The number of rotatable bonds is 7. The molecule has 1 aromatic heterocycles. The van der Waals surface area contributed by atoms with Crippen molar-refractivity contribution < 1.29 is 14.6 Å². The molecule has 2 aromatic rings. The first-order valence-electron chi connectivity index (χ1n) is 9.53. The number of ether oxygens (including phenoxy) is 1. The second kappa shape index (κ2) is 9.26. The number of hydrogen-bond acceptors (Lipinski definition) is 5. The van der Waals surface area contributed by atoms with E-state index in [0.29, 0.717) is 31.2 Å². The maximum atomic E-state index is 13.1. The van der Waals surface area contributed by atoms with E-state index in [4.69, 9.17) is 4.74 Å². The zero-order valence-corrected chi connectivity index (χ0v) is 16.2. The average molecular weight is 371 g/mol. The number of para-hydroxylation sites is 1. The summed E-state index contributed by atoms with van der Waals surface area (Å²) in [7, 11) is 3.77. The lowest BCUT2D eigenvalue weighted by Gasteiger charge is -2.38. The molecule has 6 nitrogen and oxygen atoms in total. The predicted molar refractivity (Wildman–Crippen MR) is 106 cm³/mol. The molecular formula is C21H29N3O3. The summed E-state index contributed by atoms with van der Waals surface area (Å²) in [4.78, 5) is 21.6. The van der Waals surface area contributed by atoms with Gasteiger partial charge in [0.25, 0.3) is 5.91 Å². The van der Waals surface area contributed by atoms with Crippen molar-refractivity contribution in [1.82, 2.24) is 14.8 Å². The van der Waals surface area contributed by atoms with Crippen molar-refractivity contribution >= 4 is 16.8 Å². The molecule has 2 atom stereocenters. The molecule has 1 saturated heterocycles. The summed E-state index contributed by atoms with van der Waals surface area (Å²) in [5.74, 6) is 0.461. The Balaban J connectivity index is 1.71. The maximum absolute atomic E-state index is 13.1. The van der Waals surface area contributed by atoms with Crippen LogP contribution in [0, 0.1) is 11.8 Å². The van der Waals surface area contributed by atoms with Crippen molar-refractivity contribution in [3.63, 3.8) is 0 Å². The molecule has 27 heavy (non-hydrogen) atoms. The van der Waals surface area contributed by atoms with Gasteiger partial charge in [-0.2, -0.15) is 0 Å². The van der Waals surface area contributed by atoms with Crippen LogP contribution in [0.1, 0.15) is 16.8 Å². The smallest absolute Gasteiger partial charge is 0.255 e. The number of hydrogen-bond donors (Lipinski definition) is 1. The Kier molecular flexibility index (Phi) is 6.77. The van der Waals surface area contributed by atoms with Gasteiger partial charge in [0.05, 0.1) is 17.7 Å². The number of likely N-dealkylation sites (N-methyl/N-ethyl adjacent to an activating group) is 1. The number of carbonyl (C=O) groups is 1. The molecule has 3 rings (SSSR count). The van der Waals surface area contributed by atoms with Crippen LogP contribution in [0.15, 0.2) is 36.5 Å². The standard InChI is InChI=1S/C21H29N3O3/c1-23(7-8-27-2)12-16-9-17(15-25)14-24(13-16)21(26)19-10-18-5-3-4-6-20(18)22-11-19/h3-6,10-11,16-17,25H,7-9,12-15H2,1-2H3/t16-,17-/m0/s1. The molecule has 1 fully saturated rings. The minimum absolute atomic E-state index is 0.00375. The summed E-state index contributed by atoms with van der Waals surface area (Å²) in [5, 5.41) is 10.7. The first kappa shape index (κ1) is 19.7. The number of nitrogens with zero attached hydrogens (tertiary/aromatic N) is 3. The fourth-order valence-corrected chi connectivity index (χ4v) is 3.90. The number of aliphatic hydroxyl groups is 1. The van der Waals surface area contributed by atoms with E-state index in [1.165, 1.54) is 0 Å². The zero-order chi connectivity index (χ0) is 19.2. The topological polar surface area (TPSA) is 65.9 Å². The van der Waals surface area contributed by atoms with Crippen LogP contribution in [-0.4, -0.2) is 79.3 Å². The third-order valence-electron chi connectivity index (χ3n) is 5.25. The Morgan fingerprint density at radius 2 is 2.11 bits per heavy atom. The molecule has 1 N–H and O–H groups in total. The number of pyridine rings is 1. The Hall–Kier alpha value is -2.02. The number of fused-ring (bicyclic) bond motifs is 1. The lowest BCUT2D eigenvalue weighted by molar-refractivity contribution is 0.0450. The largest absolute Gasteiger partial charge is 0.396 e. The summed E-state index contributed by atoms with van der Waals surface area (Å²) in [6.07, 6.45) is 2.60. The summed E-state index contributed by atoms with van der Waals surface area (Å²) < 4.78 is 5.14. The van der Waals surface area contributed by atoms with Gasteiger partial charge < -0.3 is 19.6 Å². The van der Waals surface area contributed by atoms with Crippen LogP contribution in [0.5, 0.6) is 0 Å². The van der Waals surface area contributed by atoms with Crippen molar-refractivity contribution in [2.45, 2.75) is 6.42 Å². The maximum Gasteiger partial charge on any atom is 0.255 e. The second-order valence-electron chi connectivity index (χ2n) is 7.53. The molecule has 1 aliphatic rings. The van der Waals surface area contributed by atoms with Crippen molar-refractivity contribution in [3.05, 3.63) is 42.1 Å². The van der Waals surface area contributed by atoms with Crippen LogP contribution in [0.4, 0.5) is 0 Å². The van der Waals surface area contributed by atoms with Crippen LogP contribution in [0.3, 0.4) is 0 Å². The molecule has 0 unspecified atom stereocenters. The molecule has 1 aromatic carbocycles. The monoisotopic (exact) mass is 371 g/mol. The number of piperidine rings is 1. The van der Waals surface area contributed by atoms with E-state index in [9.17, 15) is 9.90 Å². The molecule has 0 spiro atoms. The van der Waals surface area contributed by atoms with Crippen molar-refractivity contribution in [3.8, 4) is 0 Å². The number of methoxy groups -OCH3 is 1. The average Bonchev–Trinajstić information content (AvgIpc) is 2.71. The van der Waals surface area contributed by atoms with Gasteiger partial charge in [-0.3, -0.25) is 9.78 Å². The van der Waals surface area contributed by atoms with E-state index in [2.05, 4.69) is 16.9 Å². The van der Waals surface area contributed by atoms with Gasteiger partial charge >= 0.3 is 0 Å². The van der Waals surface area contributed by atoms with Gasteiger partial charge in [-0.15, -0.1) is 0 Å². The second-order valence-corrected chi connectivity index (χ2v) is 7.53. The Bertz CT molecular complexity index is 767. The minimum atomic E-state index is -0.00375. The Morgan fingerprint density at radius 1 is 1.33 bits per heavy atom. The SMILES string of the molecule is COCCN(C)C[C@@H]1C[C@H](CO)CN(C(=O)c2cnc3ccccc3c2)C1. The number of amides is 1. The Labute approximate surface area is 160 Å². The summed E-state index contributed by atoms with van der Waals surface area (Å²) >= 11 is 0. The van der Waals surface area contributed by atoms with Crippen LogP contribution < -0.4 is 0 Å². The van der Waals surface area contributed by atoms with Gasteiger partial charge in [-0.05, 0) is 37.4 Å². The van der Waals surface area contributed by atoms with Crippen LogP contribution in [-0.2, 0) is 4.74 Å². The minimum Gasteiger partial charge on any atom is -0.396 e. The van der Waals surface area contributed by atoms with E-state index >= 15 is 0 Å². The summed E-state index contributed by atoms with van der Waals surface area (Å²) in [6.45, 7) is 3.86. The molecule has 0 radical (unpaired) electrons. The highest BCUT2D eigenvalue weighted by molar-refractivity contribution is 5.97. The van der Waals surface area contributed by atoms with Gasteiger partial charge in [0.15, 0.2) is 0 Å². The molecule has 0 aliphatic carbocycles. The Morgan fingerprint density at radius 3 is 2.89 bits per heavy atom. The number of benzene rings is 1. The quantitative estimate of drug-likeness (QED) is 0.805. The van der Waals surface area contributed by atoms with Gasteiger partial charge in [0.2, 0.25) is 0 Å². The predicted octanol–water partition coefficient (Wildman–Crippen LogP) is 1.88. The molecule has 1 amide bonds. The fraction of sp³-hybridized carbons (Fsp3) is 0.524.